The van der Waals surface area contributed by atoms with E-state index in [-0.39, 0.29) is 11.8 Å². The van der Waals surface area contributed by atoms with Gasteiger partial charge in [-0.2, -0.15) is 0 Å². The Hall–Kier alpha value is -2.04. The molecule has 0 saturated heterocycles. The number of rotatable bonds is 5. The Bertz CT molecular complexity index is 489. The fourth-order valence-electron chi connectivity index (χ4n) is 2.08. The minimum Gasteiger partial charge on any atom is -0.491 e. The fraction of sp³-hybridized carbons (Fsp3) is 0.429. The Morgan fingerprint density at radius 2 is 2.00 bits per heavy atom. The molecule has 19 heavy (non-hydrogen) atoms. The summed E-state index contributed by atoms with van der Waals surface area (Å²) in [5, 5.41) is 14.2. The third-order valence-electron chi connectivity index (χ3n) is 2.85. The van der Waals surface area contributed by atoms with Crippen molar-refractivity contribution in [2.75, 3.05) is 5.32 Å². The zero-order valence-electron chi connectivity index (χ0n) is 11.1. The molecule has 0 saturated carbocycles. The molecule has 1 aromatic rings. The van der Waals surface area contributed by atoms with Gasteiger partial charge in [0.25, 0.3) is 5.69 Å². The summed E-state index contributed by atoms with van der Waals surface area (Å²) in [5.74, 6) is 0.526. The Morgan fingerprint density at radius 3 is 2.58 bits per heavy atom. The molecule has 0 spiro atoms. The molecule has 0 atom stereocenters. The maximum absolute atomic E-state index is 10.9. The number of non-ortho nitro benzene ring substituents is 1. The monoisotopic (exact) mass is 262 g/mol. The molecule has 1 N–H and O–H groups in total. The number of nitro groups is 1. The smallest absolute Gasteiger partial charge is 0.275 e. The molecule has 1 aliphatic carbocycles. The van der Waals surface area contributed by atoms with Gasteiger partial charge in [0.15, 0.2) is 0 Å². The molecule has 2 rings (SSSR count). The van der Waals surface area contributed by atoms with E-state index in [9.17, 15) is 10.1 Å². The number of anilines is 1. The lowest BCUT2D eigenvalue weighted by Crippen LogP contribution is -2.15. The van der Waals surface area contributed by atoms with Crippen LogP contribution < -0.4 is 10.1 Å². The SMILES string of the molecule is CC(C)Oc1cc(NC2CC=CC2)cc([N+](=O)[O-])c1. The summed E-state index contributed by atoms with van der Waals surface area (Å²) in [6.45, 7) is 3.79. The van der Waals surface area contributed by atoms with Crippen LogP contribution in [0.4, 0.5) is 11.4 Å². The number of hydrogen-bond donors (Lipinski definition) is 1. The first-order valence-corrected chi connectivity index (χ1v) is 6.42. The first kappa shape index (κ1) is 13.4. The summed E-state index contributed by atoms with van der Waals surface area (Å²) >= 11 is 0. The second-order valence-corrected chi connectivity index (χ2v) is 4.92. The second kappa shape index (κ2) is 5.73. The van der Waals surface area contributed by atoms with E-state index in [0.717, 1.165) is 18.5 Å². The third-order valence-corrected chi connectivity index (χ3v) is 2.85. The molecule has 0 fully saturated rings. The van der Waals surface area contributed by atoms with Crippen molar-refractivity contribution in [2.45, 2.75) is 38.8 Å². The van der Waals surface area contributed by atoms with Crippen LogP contribution in [0.3, 0.4) is 0 Å². The lowest BCUT2D eigenvalue weighted by molar-refractivity contribution is -0.384. The molecule has 1 aliphatic rings. The second-order valence-electron chi connectivity index (χ2n) is 4.92. The van der Waals surface area contributed by atoms with E-state index in [1.165, 1.54) is 6.07 Å². The van der Waals surface area contributed by atoms with E-state index < -0.39 is 4.92 Å². The van der Waals surface area contributed by atoms with Crippen molar-refractivity contribution >= 4 is 11.4 Å². The predicted octanol–water partition coefficient (Wildman–Crippen LogP) is 3.51. The van der Waals surface area contributed by atoms with Gasteiger partial charge in [0.05, 0.1) is 17.1 Å². The van der Waals surface area contributed by atoms with Crippen molar-refractivity contribution in [1.29, 1.82) is 0 Å². The first-order chi connectivity index (χ1) is 9.04. The maximum atomic E-state index is 10.9. The largest absolute Gasteiger partial charge is 0.491 e. The van der Waals surface area contributed by atoms with Gasteiger partial charge in [-0.25, -0.2) is 0 Å². The molecule has 0 heterocycles. The van der Waals surface area contributed by atoms with Crippen LogP contribution in [0.1, 0.15) is 26.7 Å². The van der Waals surface area contributed by atoms with Crippen LogP contribution in [0, 0.1) is 10.1 Å². The van der Waals surface area contributed by atoms with E-state index in [4.69, 9.17) is 4.74 Å². The van der Waals surface area contributed by atoms with Crippen LogP contribution in [0.15, 0.2) is 30.4 Å². The van der Waals surface area contributed by atoms with Crippen LogP contribution in [-0.4, -0.2) is 17.1 Å². The molecule has 0 unspecified atom stereocenters. The molecule has 102 valence electrons. The molecule has 5 heteroatoms. The van der Waals surface area contributed by atoms with Gasteiger partial charge in [0.1, 0.15) is 5.75 Å². The molecule has 0 radical (unpaired) electrons. The summed E-state index contributed by atoms with van der Waals surface area (Å²) in [4.78, 5) is 10.5. The van der Waals surface area contributed by atoms with E-state index in [1.807, 2.05) is 19.9 Å². The van der Waals surface area contributed by atoms with Crippen molar-refractivity contribution in [1.82, 2.24) is 0 Å². The predicted molar refractivity (Wildman–Crippen MR) is 74.6 cm³/mol. The Morgan fingerprint density at radius 1 is 1.32 bits per heavy atom. The number of benzene rings is 1. The number of nitrogens with one attached hydrogen (secondary N) is 1. The normalized spacial score (nSPS) is 14.9. The summed E-state index contributed by atoms with van der Waals surface area (Å²) in [5.41, 5.74) is 0.783. The van der Waals surface area contributed by atoms with E-state index in [1.54, 1.807) is 6.07 Å². The van der Waals surface area contributed by atoms with Crippen molar-refractivity contribution in [2.24, 2.45) is 0 Å². The zero-order valence-corrected chi connectivity index (χ0v) is 11.1. The molecule has 1 aromatic carbocycles. The standard InChI is InChI=1S/C14H18N2O3/c1-10(2)19-14-8-12(7-13(9-14)16(17)18)15-11-5-3-4-6-11/h3-4,7-11,15H,5-6H2,1-2H3. The van der Waals surface area contributed by atoms with E-state index in [2.05, 4.69) is 17.5 Å². The number of nitro benzene ring substituents is 1. The summed E-state index contributed by atoms with van der Waals surface area (Å²) < 4.78 is 5.55. The lowest BCUT2D eigenvalue weighted by atomic mass is 10.2. The minimum absolute atomic E-state index is 0.0111. The lowest BCUT2D eigenvalue weighted by Gasteiger charge is -2.15. The average molecular weight is 262 g/mol. The highest BCUT2D eigenvalue weighted by Gasteiger charge is 2.15. The number of hydrogen-bond acceptors (Lipinski definition) is 4. The van der Waals surface area contributed by atoms with Crippen LogP contribution >= 0.6 is 0 Å². The molecular formula is C14H18N2O3. The van der Waals surface area contributed by atoms with Crippen molar-refractivity contribution in [3.63, 3.8) is 0 Å². The number of ether oxygens (including phenoxy) is 1. The van der Waals surface area contributed by atoms with Gasteiger partial charge >= 0.3 is 0 Å². The van der Waals surface area contributed by atoms with Crippen LogP contribution in [0.25, 0.3) is 0 Å². The molecular weight excluding hydrogens is 244 g/mol. The maximum Gasteiger partial charge on any atom is 0.275 e. The van der Waals surface area contributed by atoms with Crippen molar-refractivity contribution < 1.29 is 9.66 Å². The van der Waals surface area contributed by atoms with Crippen molar-refractivity contribution in [3.05, 3.63) is 40.5 Å². The van der Waals surface area contributed by atoms with Gasteiger partial charge in [-0.15, -0.1) is 0 Å². The van der Waals surface area contributed by atoms with Gasteiger partial charge in [-0.05, 0) is 26.7 Å². The number of nitrogens with zero attached hydrogens (tertiary/aromatic N) is 1. The van der Waals surface area contributed by atoms with Crippen LogP contribution in [0.2, 0.25) is 0 Å². The highest BCUT2D eigenvalue weighted by molar-refractivity contribution is 5.57. The van der Waals surface area contributed by atoms with Crippen LogP contribution in [0.5, 0.6) is 5.75 Å². The first-order valence-electron chi connectivity index (χ1n) is 6.42. The molecule has 0 bridgehead atoms. The Balaban J connectivity index is 2.20. The molecule has 0 amide bonds. The van der Waals surface area contributed by atoms with Gasteiger partial charge < -0.3 is 10.1 Å². The molecule has 0 aliphatic heterocycles. The van der Waals surface area contributed by atoms with E-state index in [0.29, 0.717) is 11.8 Å². The topological polar surface area (TPSA) is 64.4 Å². The summed E-state index contributed by atoms with van der Waals surface area (Å²) in [6.07, 6.45) is 6.11. The van der Waals surface area contributed by atoms with Gasteiger partial charge in [-0.1, -0.05) is 12.2 Å². The van der Waals surface area contributed by atoms with Crippen molar-refractivity contribution in [3.8, 4) is 5.75 Å². The van der Waals surface area contributed by atoms with Gasteiger partial charge in [0, 0.05) is 23.9 Å². The Kier molecular flexibility index (Phi) is 4.04. The average Bonchev–Trinajstić information content (AvgIpc) is 2.80. The molecule has 5 nitrogen and oxygen atoms in total. The third kappa shape index (κ3) is 3.71. The zero-order chi connectivity index (χ0) is 13.8. The highest BCUT2D eigenvalue weighted by Crippen LogP contribution is 2.28. The highest BCUT2D eigenvalue weighted by atomic mass is 16.6. The summed E-state index contributed by atoms with van der Waals surface area (Å²) in [6, 6.07) is 5.13. The molecule has 0 aromatic heterocycles. The van der Waals surface area contributed by atoms with Gasteiger partial charge in [0.2, 0.25) is 0 Å². The fourth-order valence-corrected chi connectivity index (χ4v) is 2.08. The minimum atomic E-state index is -0.398. The van der Waals surface area contributed by atoms with E-state index >= 15 is 0 Å². The quantitative estimate of drug-likeness (QED) is 0.501. The summed E-state index contributed by atoms with van der Waals surface area (Å²) in [7, 11) is 0. The van der Waals surface area contributed by atoms with Crippen LogP contribution in [-0.2, 0) is 0 Å². The Labute approximate surface area is 112 Å². The van der Waals surface area contributed by atoms with Gasteiger partial charge in [-0.3, -0.25) is 10.1 Å².